The molecule has 166 valence electrons. The van der Waals surface area contributed by atoms with Crippen LogP contribution in [0.15, 0.2) is 35.3 Å². The van der Waals surface area contributed by atoms with Crippen LogP contribution in [0.1, 0.15) is 18.4 Å². The highest BCUT2D eigenvalue weighted by Crippen LogP contribution is 2.52. The summed E-state index contributed by atoms with van der Waals surface area (Å²) < 4.78 is 5.17. The van der Waals surface area contributed by atoms with Gasteiger partial charge in [0.1, 0.15) is 5.75 Å². The lowest BCUT2D eigenvalue weighted by Crippen LogP contribution is -2.40. The number of halogens is 1. The van der Waals surface area contributed by atoms with Crippen LogP contribution in [0.25, 0.3) is 0 Å². The SMILES string of the molecule is CN=C(NCCCN1C(=O)C2C3C=CC(C3)C2C1=O)NCCc1ccc(OC)cc1Cl. The Morgan fingerprint density at radius 1 is 1.16 bits per heavy atom. The lowest BCUT2D eigenvalue weighted by molar-refractivity contribution is -0.140. The second-order valence-corrected chi connectivity index (χ2v) is 8.72. The number of nitrogens with zero attached hydrogens (tertiary/aromatic N) is 2. The van der Waals surface area contributed by atoms with Crippen molar-refractivity contribution in [2.24, 2.45) is 28.7 Å². The van der Waals surface area contributed by atoms with Crippen molar-refractivity contribution in [1.82, 2.24) is 15.5 Å². The summed E-state index contributed by atoms with van der Waals surface area (Å²) in [6.45, 7) is 1.75. The number of carbonyl (C=O) groups excluding carboxylic acids is 2. The maximum Gasteiger partial charge on any atom is 0.233 e. The molecule has 1 aliphatic heterocycles. The Morgan fingerprint density at radius 3 is 2.45 bits per heavy atom. The standard InChI is InChI=1S/C23H29ClN4O3/c1-25-23(27-10-8-14-6-7-17(31-2)13-18(14)24)26-9-3-11-28-21(29)19-15-4-5-16(12-15)20(19)22(28)30/h4-7,13,15-16,19-20H,3,8-12H2,1-2H3,(H2,25,26,27). The molecule has 31 heavy (non-hydrogen) atoms. The molecular formula is C23H29ClN4O3. The summed E-state index contributed by atoms with van der Waals surface area (Å²) >= 11 is 6.29. The number of nitrogens with one attached hydrogen (secondary N) is 2. The van der Waals surface area contributed by atoms with Gasteiger partial charge in [0.15, 0.2) is 5.96 Å². The first-order valence-electron chi connectivity index (χ1n) is 10.8. The molecule has 8 heteroatoms. The third-order valence-corrected chi connectivity index (χ3v) is 6.94. The van der Waals surface area contributed by atoms with Crippen LogP contribution in [-0.4, -0.2) is 56.5 Å². The smallest absolute Gasteiger partial charge is 0.233 e. The number of allylic oxidation sites excluding steroid dienone is 2. The van der Waals surface area contributed by atoms with Gasteiger partial charge in [-0.3, -0.25) is 19.5 Å². The number of guanidine groups is 1. The minimum atomic E-state index is -0.116. The molecule has 2 amide bonds. The summed E-state index contributed by atoms with van der Waals surface area (Å²) in [5, 5.41) is 7.19. The lowest BCUT2D eigenvalue weighted by atomic mass is 9.85. The number of amides is 2. The molecule has 0 radical (unpaired) electrons. The zero-order chi connectivity index (χ0) is 22.0. The van der Waals surface area contributed by atoms with Gasteiger partial charge in [-0.2, -0.15) is 0 Å². The summed E-state index contributed by atoms with van der Waals surface area (Å²) in [6, 6.07) is 5.66. The van der Waals surface area contributed by atoms with Crippen LogP contribution >= 0.6 is 11.6 Å². The molecule has 2 aliphatic carbocycles. The molecule has 3 aliphatic rings. The first-order chi connectivity index (χ1) is 15.0. The van der Waals surface area contributed by atoms with E-state index in [0.29, 0.717) is 37.0 Å². The molecule has 0 aromatic heterocycles. The Balaban J connectivity index is 1.18. The molecule has 2 fully saturated rings. The quantitative estimate of drug-likeness (QED) is 0.211. The number of aliphatic imine (C=N–C) groups is 1. The van der Waals surface area contributed by atoms with Gasteiger partial charge in [0.25, 0.3) is 0 Å². The minimum absolute atomic E-state index is 0.0192. The van der Waals surface area contributed by atoms with E-state index in [9.17, 15) is 9.59 Å². The van der Waals surface area contributed by atoms with Crippen LogP contribution in [0.5, 0.6) is 5.75 Å². The normalized spacial score (nSPS) is 26.5. The molecule has 4 unspecified atom stereocenters. The molecule has 1 saturated carbocycles. The molecule has 1 aromatic carbocycles. The van der Waals surface area contributed by atoms with E-state index in [1.807, 2.05) is 12.1 Å². The Morgan fingerprint density at radius 2 is 1.84 bits per heavy atom. The van der Waals surface area contributed by atoms with Crippen molar-refractivity contribution in [3.8, 4) is 5.75 Å². The average Bonchev–Trinajstić information content (AvgIpc) is 3.45. The van der Waals surface area contributed by atoms with Gasteiger partial charge in [-0.15, -0.1) is 0 Å². The number of benzene rings is 1. The third-order valence-electron chi connectivity index (χ3n) is 6.58. The number of carbonyl (C=O) groups is 2. The number of ether oxygens (including phenoxy) is 1. The molecule has 1 aromatic rings. The average molecular weight is 445 g/mol. The van der Waals surface area contributed by atoms with Gasteiger partial charge in [-0.25, -0.2) is 0 Å². The van der Waals surface area contributed by atoms with Crippen LogP contribution < -0.4 is 15.4 Å². The summed E-state index contributed by atoms with van der Waals surface area (Å²) in [5.41, 5.74) is 1.03. The van der Waals surface area contributed by atoms with Crippen molar-refractivity contribution < 1.29 is 14.3 Å². The van der Waals surface area contributed by atoms with Crippen molar-refractivity contribution in [2.45, 2.75) is 19.3 Å². The van der Waals surface area contributed by atoms with Gasteiger partial charge in [0, 0.05) is 31.7 Å². The van der Waals surface area contributed by atoms with Gasteiger partial charge in [-0.05, 0) is 48.8 Å². The number of hydrogen-bond donors (Lipinski definition) is 2. The van der Waals surface area contributed by atoms with E-state index in [2.05, 4.69) is 27.8 Å². The lowest BCUT2D eigenvalue weighted by Gasteiger charge is -2.18. The molecule has 4 rings (SSSR count). The fraction of sp³-hybridized carbons (Fsp3) is 0.522. The van der Waals surface area contributed by atoms with Crippen molar-refractivity contribution in [3.05, 3.63) is 40.9 Å². The highest BCUT2D eigenvalue weighted by molar-refractivity contribution is 6.31. The highest BCUT2D eigenvalue weighted by Gasteiger charge is 2.58. The number of fused-ring (bicyclic) bond motifs is 5. The van der Waals surface area contributed by atoms with E-state index in [0.717, 1.165) is 24.2 Å². The second-order valence-electron chi connectivity index (χ2n) is 8.31. The first-order valence-corrected chi connectivity index (χ1v) is 11.2. The molecule has 2 bridgehead atoms. The van der Waals surface area contributed by atoms with Crippen LogP contribution in [0.3, 0.4) is 0 Å². The zero-order valence-corrected chi connectivity index (χ0v) is 18.7. The molecule has 7 nitrogen and oxygen atoms in total. The van der Waals surface area contributed by atoms with Gasteiger partial charge in [0.2, 0.25) is 11.8 Å². The summed E-state index contributed by atoms with van der Waals surface area (Å²) in [7, 11) is 3.33. The predicted molar refractivity (Wildman–Crippen MR) is 120 cm³/mol. The fourth-order valence-corrected chi connectivity index (χ4v) is 5.29. The minimum Gasteiger partial charge on any atom is -0.497 e. The van der Waals surface area contributed by atoms with Crippen LogP contribution in [0, 0.1) is 23.7 Å². The largest absolute Gasteiger partial charge is 0.497 e. The molecular weight excluding hydrogens is 416 g/mol. The maximum atomic E-state index is 12.7. The van der Waals surface area contributed by atoms with Crippen molar-refractivity contribution in [3.63, 3.8) is 0 Å². The van der Waals surface area contributed by atoms with Crippen LogP contribution in [0.4, 0.5) is 0 Å². The summed E-state index contributed by atoms with van der Waals surface area (Å²) in [5.74, 6) is 1.75. The number of rotatable bonds is 8. The van der Waals surface area contributed by atoms with Crippen LogP contribution in [0.2, 0.25) is 5.02 Å². The topological polar surface area (TPSA) is 83.0 Å². The van der Waals surface area contributed by atoms with Crippen molar-refractivity contribution in [2.75, 3.05) is 33.8 Å². The summed E-state index contributed by atoms with van der Waals surface area (Å²) in [6.07, 6.45) is 6.64. The Kier molecular flexibility index (Phi) is 6.51. The van der Waals surface area contributed by atoms with E-state index in [1.54, 1.807) is 20.2 Å². The van der Waals surface area contributed by atoms with E-state index >= 15 is 0 Å². The van der Waals surface area contributed by atoms with E-state index in [1.165, 1.54) is 4.90 Å². The first kappa shape index (κ1) is 21.7. The molecule has 4 atom stereocenters. The third kappa shape index (κ3) is 4.28. The monoisotopic (exact) mass is 444 g/mol. The van der Waals surface area contributed by atoms with Gasteiger partial charge < -0.3 is 15.4 Å². The summed E-state index contributed by atoms with van der Waals surface area (Å²) in [4.78, 5) is 31.1. The van der Waals surface area contributed by atoms with Crippen LogP contribution in [-0.2, 0) is 16.0 Å². The zero-order valence-electron chi connectivity index (χ0n) is 17.9. The number of methoxy groups -OCH3 is 1. The maximum absolute atomic E-state index is 12.7. The van der Waals surface area contributed by atoms with E-state index < -0.39 is 0 Å². The van der Waals surface area contributed by atoms with Crippen molar-refractivity contribution >= 4 is 29.4 Å². The predicted octanol–water partition coefficient (Wildman–Crippen LogP) is 2.25. The Labute approximate surface area is 187 Å². The number of likely N-dealkylation sites (tertiary alicyclic amines) is 1. The Bertz CT molecular complexity index is 886. The molecule has 1 heterocycles. The second kappa shape index (κ2) is 9.30. The van der Waals surface area contributed by atoms with Gasteiger partial charge in [-0.1, -0.05) is 29.8 Å². The fourth-order valence-electron chi connectivity index (χ4n) is 5.02. The number of hydrogen-bond acceptors (Lipinski definition) is 4. The van der Waals surface area contributed by atoms with E-state index in [-0.39, 0.29) is 35.5 Å². The van der Waals surface area contributed by atoms with Gasteiger partial charge >= 0.3 is 0 Å². The molecule has 2 N–H and O–H groups in total. The number of imide groups is 1. The van der Waals surface area contributed by atoms with Gasteiger partial charge in [0.05, 0.1) is 18.9 Å². The highest BCUT2D eigenvalue weighted by atomic mass is 35.5. The Hall–Kier alpha value is -2.54. The molecule has 0 spiro atoms. The van der Waals surface area contributed by atoms with E-state index in [4.69, 9.17) is 16.3 Å². The molecule has 1 saturated heterocycles. The van der Waals surface area contributed by atoms with Crippen molar-refractivity contribution in [1.29, 1.82) is 0 Å².